The van der Waals surface area contributed by atoms with Crippen molar-refractivity contribution in [1.29, 1.82) is 0 Å². The molecule has 0 amide bonds. The van der Waals surface area contributed by atoms with Gasteiger partial charge in [-0.3, -0.25) is 14.4 Å². The van der Waals surface area contributed by atoms with E-state index in [1.165, 1.54) is 6.92 Å². The van der Waals surface area contributed by atoms with Crippen molar-refractivity contribution in [3.05, 3.63) is 11.6 Å². The SMILES string of the molecule is CC(=O)O[C@@H]1C[C@]23COC[C@@](C)([C@@H]2CC[C@H]2C3=CC(=O)[C@@]3(C)[C@H](C(=O)O)[C@@](C)([C@H](C)C(C)C)CC[C@]23C)[C@H]1OCCN. The van der Waals surface area contributed by atoms with E-state index < -0.39 is 45.1 Å². The van der Waals surface area contributed by atoms with Crippen LogP contribution in [-0.4, -0.2) is 61.4 Å². The summed E-state index contributed by atoms with van der Waals surface area (Å²) < 4.78 is 18.7. The molecule has 1 aliphatic heterocycles. The fourth-order valence-electron chi connectivity index (χ4n) is 11.2. The van der Waals surface area contributed by atoms with E-state index in [0.717, 1.165) is 31.3 Å². The molecular formula is C34H53NO7. The number of aliphatic carboxylic acids is 1. The summed E-state index contributed by atoms with van der Waals surface area (Å²) in [6, 6.07) is 0. The lowest BCUT2D eigenvalue weighted by atomic mass is 9.34. The normalized spacial score (nSPS) is 47.0. The number of fused-ring (bicyclic) bond motifs is 3. The third-order valence-electron chi connectivity index (χ3n) is 13.7. The van der Waals surface area contributed by atoms with Crippen molar-refractivity contribution in [3.8, 4) is 0 Å². The maximum absolute atomic E-state index is 14.7. The molecule has 1 saturated heterocycles. The van der Waals surface area contributed by atoms with Crippen molar-refractivity contribution in [2.75, 3.05) is 26.4 Å². The Bertz CT molecular complexity index is 1170. The van der Waals surface area contributed by atoms with Crippen LogP contribution in [0.1, 0.15) is 87.5 Å². The first-order chi connectivity index (χ1) is 19.5. The van der Waals surface area contributed by atoms with Crippen molar-refractivity contribution in [3.63, 3.8) is 0 Å². The first-order valence-electron chi connectivity index (χ1n) is 16.1. The molecule has 0 radical (unpaired) electrons. The molecule has 3 N–H and O–H groups in total. The van der Waals surface area contributed by atoms with Crippen LogP contribution in [0.3, 0.4) is 0 Å². The Labute approximate surface area is 251 Å². The van der Waals surface area contributed by atoms with Crippen LogP contribution in [0.4, 0.5) is 0 Å². The highest BCUT2D eigenvalue weighted by molar-refractivity contribution is 6.00. The van der Waals surface area contributed by atoms with E-state index in [0.29, 0.717) is 38.7 Å². The molecule has 8 nitrogen and oxygen atoms in total. The molecule has 1 heterocycles. The van der Waals surface area contributed by atoms with Crippen LogP contribution in [0.2, 0.25) is 0 Å². The van der Waals surface area contributed by atoms with E-state index >= 15 is 0 Å². The Morgan fingerprint density at radius 3 is 2.40 bits per heavy atom. The van der Waals surface area contributed by atoms with Crippen LogP contribution in [-0.2, 0) is 28.6 Å². The summed E-state index contributed by atoms with van der Waals surface area (Å²) in [4.78, 5) is 40.3. The second kappa shape index (κ2) is 10.4. The number of carbonyl (C=O) groups excluding carboxylic acids is 2. The van der Waals surface area contributed by atoms with Gasteiger partial charge in [0, 0.05) is 29.7 Å². The van der Waals surface area contributed by atoms with Gasteiger partial charge in [-0.05, 0) is 72.7 Å². The number of hydrogen-bond donors (Lipinski definition) is 2. The fourth-order valence-corrected chi connectivity index (χ4v) is 11.2. The summed E-state index contributed by atoms with van der Waals surface area (Å²) in [5.41, 5.74) is 3.94. The number of carboxylic acid groups (broad SMARTS) is 1. The molecule has 0 aromatic carbocycles. The third-order valence-corrected chi connectivity index (χ3v) is 13.7. The van der Waals surface area contributed by atoms with Gasteiger partial charge in [0.25, 0.3) is 0 Å². The van der Waals surface area contributed by atoms with E-state index in [2.05, 4.69) is 41.5 Å². The molecule has 4 aliphatic carbocycles. The van der Waals surface area contributed by atoms with E-state index in [9.17, 15) is 19.5 Å². The smallest absolute Gasteiger partial charge is 0.308 e. The Hall–Kier alpha value is -1.77. The highest BCUT2D eigenvalue weighted by Crippen LogP contribution is 2.74. The average Bonchev–Trinajstić information content (AvgIpc) is 2.89. The second-order valence-corrected chi connectivity index (χ2v) is 15.7. The molecule has 5 aliphatic rings. The van der Waals surface area contributed by atoms with Crippen molar-refractivity contribution in [2.24, 2.45) is 62.4 Å². The molecule has 0 aromatic heterocycles. The second-order valence-electron chi connectivity index (χ2n) is 15.7. The highest BCUT2D eigenvalue weighted by Gasteiger charge is 2.74. The van der Waals surface area contributed by atoms with Gasteiger partial charge in [0.15, 0.2) is 5.78 Å². The Kier molecular flexibility index (Phi) is 7.84. The maximum Gasteiger partial charge on any atom is 0.308 e. The minimum absolute atomic E-state index is 0.0441. The fraction of sp³-hybridized carbons (Fsp3) is 0.853. The first kappa shape index (κ1) is 31.6. The van der Waals surface area contributed by atoms with Crippen LogP contribution < -0.4 is 5.73 Å². The summed E-state index contributed by atoms with van der Waals surface area (Å²) in [5.74, 6) is -1.40. The number of ether oxygens (including phenoxy) is 3. The van der Waals surface area contributed by atoms with Crippen LogP contribution in [0, 0.1) is 56.7 Å². The maximum atomic E-state index is 14.7. The van der Waals surface area contributed by atoms with E-state index in [1.807, 2.05) is 13.0 Å². The van der Waals surface area contributed by atoms with Gasteiger partial charge in [-0.1, -0.05) is 54.0 Å². The predicted octanol–water partition coefficient (Wildman–Crippen LogP) is 5.03. The molecule has 2 bridgehead atoms. The molecule has 236 valence electrons. The summed E-state index contributed by atoms with van der Waals surface area (Å²) in [5, 5.41) is 10.9. The van der Waals surface area contributed by atoms with Gasteiger partial charge >= 0.3 is 11.9 Å². The lowest BCUT2D eigenvalue weighted by Gasteiger charge is -2.70. The number of esters is 1. The first-order valence-corrected chi connectivity index (χ1v) is 16.1. The molecular weight excluding hydrogens is 534 g/mol. The topological polar surface area (TPSA) is 125 Å². The summed E-state index contributed by atoms with van der Waals surface area (Å²) in [6.45, 7) is 18.0. The predicted molar refractivity (Wildman–Crippen MR) is 158 cm³/mol. The number of hydrogen-bond acceptors (Lipinski definition) is 7. The van der Waals surface area contributed by atoms with Crippen molar-refractivity contribution >= 4 is 17.7 Å². The number of rotatable bonds is 7. The molecule has 0 aromatic rings. The van der Waals surface area contributed by atoms with E-state index in [4.69, 9.17) is 19.9 Å². The van der Waals surface area contributed by atoms with Crippen LogP contribution in [0.25, 0.3) is 0 Å². The zero-order chi connectivity index (χ0) is 31.0. The van der Waals surface area contributed by atoms with E-state index in [1.54, 1.807) is 0 Å². The third kappa shape index (κ3) is 4.06. The summed E-state index contributed by atoms with van der Waals surface area (Å²) >= 11 is 0. The van der Waals surface area contributed by atoms with Crippen molar-refractivity contribution in [2.45, 2.75) is 99.7 Å². The van der Waals surface area contributed by atoms with E-state index in [-0.39, 0.29) is 35.6 Å². The van der Waals surface area contributed by atoms with Gasteiger partial charge in [0.2, 0.25) is 0 Å². The average molecular weight is 588 g/mol. The minimum atomic E-state index is -1.04. The lowest BCUT2D eigenvalue weighted by Crippen LogP contribution is -2.71. The largest absolute Gasteiger partial charge is 0.481 e. The van der Waals surface area contributed by atoms with Crippen molar-refractivity contribution < 1.29 is 33.7 Å². The molecule has 42 heavy (non-hydrogen) atoms. The number of carbonyl (C=O) groups is 3. The highest BCUT2D eigenvalue weighted by atomic mass is 16.6. The minimum Gasteiger partial charge on any atom is -0.481 e. The Morgan fingerprint density at radius 1 is 1.12 bits per heavy atom. The van der Waals surface area contributed by atoms with Gasteiger partial charge in [-0.2, -0.15) is 0 Å². The number of nitrogens with two attached hydrogens (primary N) is 1. The summed E-state index contributed by atoms with van der Waals surface area (Å²) in [6.07, 6.45) is 4.89. The quantitative estimate of drug-likeness (QED) is 0.398. The number of carboxylic acids is 1. The standard InChI is InChI=1S/C34H53NO7/c1-19(2)20(3)30(5)11-12-32(7)22-9-10-25-31(6)17-40-18-34(25,16-24(42-21(4)36)28(31)41-14-13-35)23(22)15-26(37)33(32,8)27(30)29(38)39/h15,19-20,22,24-25,27-28H,9-14,16-18,35H2,1-8H3,(H,38,39)/t20-,22+,24-,25+,27-,28+,30-,31+,32-,33+,34-/m1/s1. The zero-order valence-corrected chi connectivity index (χ0v) is 27.0. The molecule has 0 spiro atoms. The van der Waals surface area contributed by atoms with Crippen LogP contribution in [0.5, 0.6) is 0 Å². The van der Waals surface area contributed by atoms with Gasteiger partial charge < -0.3 is 25.1 Å². The molecule has 5 rings (SSSR count). The monoisotopic (exact) mass is 587 g/mol. The van der Waals surface area contributed by atoms with Crippen LogP contribution in [0.15, 0.2) is 11.6 Å². The van der Waals surface area contributed by atoms with Crippen LogP contribution >= 0.6 is 0 Å². The molecule has 3 saturated carbocycles. The van der Waals surface area contributed by atoms with Gasteiger partial charge in [-0.25, -0.2) is 0 Å². The van der Waals surface area contributed by atoms with Crippen molar-refractivity contribution in [1.82, 2.24) is 0 Å². The number of allylic oxidation sites excluding steroid dienone is 1. The molecule has 0 unspecified atom stereocenters. The molecule has 11 atom stereocenters. The molecule has 8 heteroatoms. The van der Waals surface area contributed by atoms with Gasteiger partial charge in [0.1, 0.15) is 12.2 Å². The zero-order valence-electron chi connectivity index (χ0n) is 27.0. The molecule has 4 fully saturated rings. The Balaban J connectivity index is 1.65. The Morgan fingerprint density at radius 2 is 1.81 bits per heavy atom. The summed E-state index contributed by atoms with van der Waals surface area (Å²) in [7, 11) is 0. The lowest BCUT2D eigenvalue weighted by molar-refractivity contribution is -0.265. The van der Waals surface area contributed by atoms with Gasteiger partial charge in [0.05, 0.1) is 25.7 Å². The van der Waals surface area contributed by atoms with Gasteiger partial charge in [-0.15, -0.1) is 0 Å². The number of ketones is 1.